The smallest absolute Gasteiger partial charge is 0.266 e. The zero-order valence-electron chi connectivity index (χ0n) is 11.6. The molecule has 0 unspecified atom stereocenters. The minimum Gasteiger partial charge on any atom is -0.397 e. The van der Waals surface area contributed by atoms with Crippen molar-refractivity contribution in [1.82, 2.24) is 9.88 Å². The highest BCUT2D eigenvalue weighted by Gasteiger charge is 2.24. The molecule has 0 radical (unpaired) electrons. The van der Waals surface area contributed by atoms with Crippen LogP contribution in [0.3, 0.4) is 0 Å². The quantitative estimate of drug-likeness (QED) is 0.872. The number of hydrogen-bond acceptors (Lipinski definition) is 5. The van der Waals surface area contributed by atoms with E-state index >= 15 is 0 Å². The van der Waals surface area contributed by atoms with Gasteiger partial charge in [0.1, 0.15) is 9.71 Å². The van der Waals surface area contributed by atoms with Gasteiger partial charge in [-0.15, -0.1) is 11.3 Å². The second-order valence-corrected chi connectivity index (χ2v) is 6.01. The molecule has 1 amide bonds. The lowest BCUT2D eigenvalue weighted by molar-refractivity contribution is 0.0307. The van der Waals surface area contributed by atoms with E-state index in [1.165, 1.54) is 11.3 Å². The van der Waals surface area contributed by atoms with Crippen molar-refractivity contribution in [3.8, 4) is 0 Å². The predicted molar refractivity (Wildman–Crippen MR) is 80.2 cm³/mol. The molecule has 1 saturated heterocycles. The van der Waals surface area contributed by atoms with Gasteiger partial charge in [-0.3, -0.25) is 4.79 Å². The largest absolute Gasteiger partial charge is 0.397 e. The molecule has 0 saturated carbocycles. The van der Waals surface area contributed by atoms with Gasteiger partial charge in [0.2, 0.25) is 0 Å². The third-order valence-corrected chi connectivity index (χ3v) is 4.60. The first-order chi connectivity index (χ1) is 9.58. The Morgan fingerprint density at radius 1 is 1.40 bits per heavy atom. The third kappa shape index (κ3) is 2.14. The lowest BCUT2D eigenvalue weighted by atomic mass is 10.1. The Balaban J connectivity index is 2.05. The molecular formula is C14H17N3O2S. The summed E-state index contributed by atoms with van der Waals surface area (Å²) in [6.45, 7) is 6.38. The molecule has 3 rings (SSSR count). The van der Waals surface area contributed by atoms with Crippen LogP contribution in [0.2, 0.25) is 0 Å². The summed E-state index contributed by atoms with van der Waals surface area (Å²) in [6, 6.07) is 1.99. The van der Waals surface area contributed by atoms with Gasteiger partial charge >= 0.3 is 0 Å². The molecular weight excluding hydrogens is 274 g/mol. The van der Waals surface area contributed by atoms with E-state index in [1.807, 2.05) is 19.9 Å². The number of nitrogens with zero attached hydrogens (tertiary/aromatic N) is 2. The summed E-state index contributed by atoms with van der Waals surface area (Å²) in [7, 11) is 0. The number of thiophene rings is 1. The minimum atomic E-state index is -0.00847. The second kappa shape index (κ2) is 5.03. The van der Waals surface area contributed by atoms with Crippen LogP contribution in [0.15, 0.2) is 6.07 Å². The number of pyridine rings is 1. The van der Waals surface area contributed by atoms with Crippen LogP contribution in [0.25, 0.3) is 10.2 Å². The zero-order valence-corrected chi connectivity index (χ0v) is 12.4. The maximum atomic E-state index is 12.6. The molecule has 3 heterocycles. The lowest BCUT2D eigenvalue weighted by Gasteiger charge is -2.26. The maximum absolute atomic E-state index is 12.6. The number of amides is 1. The molecule has 0 bridgehead atoms. The molecule has 2 N–H and O–H groups in total. The average molecular weight is 291 g/mol. The van der Waals surface area contributed by atoms with Gasteiger partial charge in [-0.25, -0.2) is 4.98 Å². The van der Waals surface area contributed by atoms with Crippen LogP contribution < -0.4 is 5.73 Å². The summed E-state index contributed by atoms with van der Waals surface area (Å²) in [5.41, 5.74) is 8.77. The average Bonchev–Trinajstić information content (AvgIpc) is 2.76. The molecule has 1 fully saturated rings. The summed E-state index contributed by atoms with van der Waals surface area (Å²) in [5.74, 6) is -0.00847. The van der Waals surface area contributed by atoms with E-state index in [1.54, 1.807) is 4.90 Å². The van der Waals surface area contributed by atoms with Crippen LogP contribution in [0, 0.1) is 13.8 Å². The number of anilines is 1. The van der Waals surface area contributed by atoms with Gasteiger partial charge in [0.15, 0.2) is 0 Å². The van der Waals surface area contributed by atoms with Gasteiger partial charge in [-0.2, -0.15) is 0 Å². The molecule has 6 heteroatoms. The van der Waals surface area contributed by atoms with Gasteiger partial charge in [0.05, 0.1) is 18.9 Å². The van der Waals surface area contributed by atoms with Gasteiger partial charge < -0.3 is 15.4 Å². The highest BCUT2D eigenvalue weighted by molar-refractivity contribution is 7.21. The number of hydrogen-bond donors (Lipinski definition) is 1. The van der Waals surface area contributed by atoms with Crippen molar-refractivity contribution in [2.75, 3.05) is 32.0 Å². The highest BCUT2D eigenvalue weighted by Crippen LogP contribution is 2.35. The van der Waals surface area contributed by atoms with Crippen LogP contribution >= 0.6 is 11.3 Å². The van der Waals surface area contributed by atoms with Crippen molar-refractivity contribution in [2.24, 2.45) is 0 Å². The number of morpholine rings is 1. The number of ether oxygens (including phenoxy) is 1. The first-order valence-electron chi connectivity index (χ1n) is 6.61. The molecule has 1 aliphatic heterocycles. The standard InChI is InChI=1S/C14H17N3O2S/c1-8-7-9(2)16-13-10(8)11(15)12(20-13)14(18)17-3-5-19-6-4-17/h7H,3-6,15H2,1-2H3. The fourth-order valence-electron chi connectivity index (χ4n) is 2.54. The number of rotatable bonds is 1. The Morgan fingerprint density at radius 2 is 2.10 bits per heavy atom. The first-order valence-corrected chi connectivity index (χ1v) is 7.43. The Kier molecular flexibility index (Phi) is 3.35. The summed E-state index contributed by atoms with van der Waals surface area (Å²) in [4.78, 5) is 20.3. The van der Waals surface area contributed by atoms with Gasteiger partial charge in [0.25, 0.3) is 5.91 Å². The van der Waals surface area contributed by atoms with Gasteiger partial charge in [-0.1, -0.05) is 0 Å². The van der Waals surface area contributed by atoms with E-state index < -0.39 is 0 Å². The second-order valence-electron chi connectivity index (χ2n) is 5.01. The molecule has 0 spiro atoms. The molecule has 106 valence electrons. The predicted octanol–water partition coefficient (Wildman–Crippen LogP) is 1.97. The number of nitrogens with two attached hydrogens (primary N) is 1. The van der Waals surface area contributed by atoms with Crippen molar-refractivity contribution in [2.45, 2.75) is 13.8 Å². The van der Waals surface area contributed by atoms with E-state index in [0.29, 0.717) is 36.9 Å². The van der Waals surface area contributed by atoms with Crippen molar-refractivity contribution in [1.29, 1.82) is 0 Å². The number of fused-ring (bicyclic) bond motifs is 1. The van der Waals surface area contributed by atoms with Crippen molar-refractivity contribution < 1.29 is 9.53 Å². The van der Waals surface area contributed by atoms with Gasteiger partial charge in [0, 0.05) is 24.2 Å². The summed E-state index contributed by atoms with van der Waals surface area (Å²) >= 11 is 1.39. The number of nitrogen functional groups attached to an aromatic ring is 1. The molecule has 0 aromatic carbocycles. The fourth-order valence-corrected chi connectivity index (χ4v) is 3.72. The van der Waals surface area contributed by atoms with Crippen molar-refractivity contribution >= 4 is 33.1 Å². The third-order valence-electron chi connectivity index (χ3n) is 3.52. The van der Waals surface area contributed by atoms with E-state index in [4.69, 9.17) is 10.5 Å². The van der Waals surface area contributed by atoms with Crippen LogP contribution in [-0.4, -0.2) is 42.1 Å². The molecule has 0 atom stereocenters. The van der Waals surface area contributed by atoms with Crippen LogP contribution in [0.1, 0.15) is 20.9 Å². The van der Waals surface area contributed by atoms with Crippen molar-refractivity contribution in [3.63, 3.8) is 0 Å². The van der Waals surface area contributed by atoms with E-state index in [2.05, 4.69) is 4.98 Å². The molecule has 20 heavy (non-hydrogen) atoms. The normalized spacial score (nSPS) is 15.8. The van der Waals surface area contributed by atoms with Crippen LogP contribution in [0.5, 0.6) is 0 Å². The Hall–Kier alpha value is -1.66. The highest BCUT2D eigenvalue weighted by atomic mass is 32.1. The first kappa shape index (κ1) is 13.3. The lowest BCUT2D eigenvalue weighted by Crippen LogP contribution is -2.40. The maximum Gasteiger partial charge on any atom is 0.266 e. The fraction of sp³-hybridized carbons (Fsp3) is 0.429. The van der Waals surface area contributed by atoms with E-state index in [-0.39, 0.29) is 5.91 Å². The summed E-state index contributed by atoms with van der Waals surface area (Å²) in [6.07, 6.45) is 0. The molecule has 0 aliphatic carbocycles. The van der Waals surface area contributed by atoms with Crippen LogP contribution in [0.4, 0.5) is 5.69 Å². The number of carbonyl (C=O) groups is 1. The number of carbonyl (C=O) groups excluding carboxylic acids is 1. The zero-order chi connectivity index (χ0) is 14.3. The topological polar surface area (TPSA) is 68.5 Å². The van der Waals surface area contributed by atoms with Gasteiger partial charge in [-0.05, 0) is 25.5 Å². The molecule has 2 aromatic rings. The Labute approximate surface area is 121 Å². The molecule has 2 aromatic heterocycles. The van der Waals surface area contributed by atoms with E-state index in [0.717, 1.165) is 21.5 Å². The summed E-state index contributed by atoms with van der Waals surface area (Å²) < 4.78 is 5.28. The minimum absolute atomic E-state index is 0.00847. The Bertz CT molecular complexity index is 675. The van der Waals surface area contributed by atoms with Crippen LogP contribution in [-0.2, 0) is 4.74 Å². The Morgan fingerprint density at radius 3 is 2.80 bits per heavy atom. The number of aryl methyl sites for hydroxylation is 2. The molecule has 5 nitrogen and oxygen atoms in total. The van der Waals surface area contributed by atoms with E-state index in [9.17, 15) is 4.79 Å². The molecule has 1 aliphatic rings. The monoisotopic (exact) mass is 291 g/mol. The summed E-state index contributed by atoms with van der Waals surface area (Å²) in [5, 5.41) is 0.914. The SMILES string of the molecule is Cc1cc(C)c2c(N)c(C(=O)N3CCOCC3)sc2n1. The van der Waals surface area contributed by atoms with Crippen molar-refractivity contribution in [3.05, 3.63) is 22.2 Å². The number of aromatic nitrogens is 1.